The van der Waals surface area contributed by atoms with Crippen LogP contribution in [0.4, 0.5) is 32.0 Å². The van der Waals surface area contributed by atoms with Crippen molar-refractivity contribution in [2.45, 2.75) is 25.7 Å². The quantitative estimate of drug-likeness (QED) is 0.249. The summed E-state index contributed by atoms with van der Waals surface area (Å²) in [6.07, 6.45) is -8.00. The number of hydrogen-bond donors (Lipinski definition) is 1. The van der Waals surface area contributed by atoms with Crippen LogP contribution in [0.25, 0.3) is 16.9 Å². The van der Waals surface area contributed by atoms with Gasteiger partial charge in [-0.25, -0.2) is 14.3 Å². The van der Waals surface area contributed by atoms with Gasteiger partial charge < -0.3 is 10.1 Å². The maximum atomic E-state index is 13.1. The maximum Gasteiger partial charge on any atom is 0.416 e. The Morgan fingerprint density at radius 2 is 1.66 bits per heavy atom. The van der Waals surface area contributed by atoms with E-state index in [1.165, 1.54) is 29.0 Å². The zero-order chi connectivity index (χ0) is 27.7. The van der Waals surface area contributed by atoms with Gasteiger partial charge in [0.2, 0.25) is 5.91 Å². The van der Waals surface area contributed by atoms with E-state index in [-0.39, 0.29) is 29.6 Å². The second kappa shape index (κ2) is 10.1. The second-order valence-corrected chi connectivity index (χ2v) is 8.06. The molecule has 0 spiro atoms. The molecule has 0 bridgehead atoms. The van der Waals surface area contributed by atoms with Crippen LogP contribution in [-0.2, 0) is 28.3 Å². The van der Waals surface area contributed by atoms with Gasteiger partial charge in [-0.15, -0.1) is 0 Å². The minimum absolute atomic E-state index is 0.00295. The van der Waals surface area contributed by atoms with E-state index < -0.39 is 47.3 Å². The summed E-state index contributed by atoms with van der Waals surface area (Å²) in [5.41, 5.74) is -1.79. The fourth-order valence-electron chi connectivity index (χ4n) is 3.73. The van der Waals surface area contributed by atoms with Gasteiger partial charge in [0, 0.05) is 17.4 Å². The van der Waals surface area contributed by atoms with E-state index in [1.807, 2.05) is 0 Å². The lowest BCUT2D eigenvalue weighted by Crippen LogP contribution is -2.17. The number of halogens is 6. The number of anilines is 1. The number of ether oxygens (including phenoxy) is 1. The number of fused-ring (bicyclic) bond motifs is 1. The third-order valence-electron chi connectivity index (χ3n) is 5.35. The summed E-state index contributed by atoms with van der Waals surface area (Å²) in [4.78, 5) is 28.9. The molecule has 0 fully saturated rings. The molecule has 0 atom stereocenters. The first-order valence-corrected chi connectivity index (χ1v) is 11.1. The largest absolute Gasteiger partial charge is 0.462 e. The summed E-state index contributed by atoms with van der Waals surface area (Å²) in [5, 5.41) is 6.67. The van der Waals surface area contributed by atoms with Gasteiger partial charge in [0.15, 0.2) is 5.65 Å². The van der Waals surface area contributed by atoms with Gasteiger partial charge in [-0.2, -0.15) is 31.4 Å². The summed E-state index contributed by atoms with van der Waals surface area (Å²) >= 11 is 0. The fraction of sp³-hybridized carbons (Fsp3) is 0.200. The average Bonchev–Trinajstić information content (AvgIpc) is 3.27. The first kappa shape index (κ1) is 26.6. The third-order valence-corrected chi connectivity index (χ3v) is 5.35. The number of carbonyl (C=O) groups is 2. The highest BCUT2D eigenvalue weighted by atomic mass is 19.4. The SMILES string of the molecule is CCOC(=O)c1cnn2c(-c3cccc(NC(=O)Cc4cc(C(F)(F)F)cc(C(F)(F)F)c4)c3)ccnc12. The summed E-state index contributed by atoms with van der Waals surface area (Å²) in [5.74, 6) is -1.42. The molecule has 1 amide bonds. The molecule has 0 unspecified atom stereocenters. The van der Waals surface area contributed by atoms with Crippen LogP contribution in [0.3, 0.4) is 0 Å². The monoisotopic (exact) mass is 536 g/mol. The molecule has 7 nitrogen and oxygen atoms in total. The van der Waals surface area contributed by atoms with Crippen molar-refractivity contribution in [3.63, 3.8) is 0 Å². The fourth-order valence-corrected chi connectivity index (χ4v) is 3.73. The molecule has 2 aromatic carbocycles. The normalized spacial score (nSPS) is 12.0. The first-order chi connectivity index (χ1) is 17.9. The van der Waals surface area contributed by atoms with Crippen molar-refractivity contribution in [3.05, 3.63) is 83.2 Å². The predicted octanol–water partition coefficient (Wildman–Crippen LogP) is 5.79. The highest BCUT2D eigenvalue weighted by molar-refractivity contribution is 5.96. The van der Waals surface area contributed by atoms with Gasteiger partial charge in [-0.1, -0.05) is 12.1 Å². The zero-order valence-electron chi connectivity index (χ0n) is 19.5. The van der Waals surface area contributed by atoms with Gasteiger partial charge >= 0.3 is 18.3 Å². The number of aromatic nitrogens is 3. The van der Waals surface area contributed by atoms with Crippen LogP contribution in [0.1, 0.15) is 34.0 Å². The lowest BCUT2D eigenvalue weighted by molar-refractivity contribution is -0.143. The number of carbonyl (C=O) groups excluding carboxylic acids is 2. The van der Waals surface area contributed by atoms with Crippen LogP contribution in [-0.4, -0.2) is 33.1 Å². The highest BCUT2D eigenvalue weighted by Gasteiger charge is 2.37. The molecule has 38 heavy (non-hydrogen) atoms. The summed E-state index contributed by atoms with van der Waals surface area (Å²) < 4.78 is 85.1. The Labute approximate surface area is 211 Å². The topological polar surface area (TPSA) is 85.6 Å². The number of hydrogen-bond acceptors (Lipinski definition) is 5. The number of esters is 1. The molecule has 0 saturated heterocycles. The van der Waals surface area contributed by atoms with E-state index in [1.54, 1.807) is 25.1 Å². The highest BCUT2D eigenvalue weighted by Crippen LogP contribution is 2.36. The molecular weight excluding hydrogens is 518 g/mol. The van der Waals surface area contributed by atoms with Crippen LogP contribution in [0.2, 0.25) is 0 Å². The van der Waals surface area contributed by atoms with Crippen LogP contribution in [0.5, 0.6) is 0 Å². The molecule has 4 rings (SSSR count). The molecule has 0 aliphatic carbocycles. The van der Waals surface area contributed by atoms with Crippen molar-refractivity contribution in [1.82, 2.24) is 14.6 Å². The zero-order valence-corrected chi connectivity index (χ0v) is 19.5. The molecule has 0 aliphatic heterocycles. The predicted molar refractivity (Wildman–Crippen MR) is 123 cm³/mol. The van der Waals surface area contributed by atoms with Gasteiger partial charge in [0.05, 0.1) is 36.0 Å². The molecule has 13 heteroatoms. The molecular formula is C25H18F6N4O3. The van der Waals surface area contributed by atoms with Crippen LogP contribution < -0.4 is 5.32 Å². The van der Waals surface area contributed by atoms with E-state index in [9.17, 15) is 35.9 Å². The Morgan fingerprint density at radius 1 is 0.974 bits per heavy atom. The van der Waals surface area contributed by atoms with Crippen molar-refractivity contribution >= 4 is 23.2 Å². The van der Waals surface area contributed by atoms with Crippen LogP contribution in [0, 0.1) is 0 Å². The lowest BCUT2D eigenvalue weighted by Gasteiger charge is -2.14. The molecule has 4 aromatic rings. The van der Waals surface area contributed by atoms with Crippen molar-refractivity contribution in [3.8, 4) is 11.3 Å². The number of amides is 1. The summed E-state index contributed by atoms with van der Waals surface area (Å²) in [6, 6.07) is 8.93. The van der Waals surface area contributed by atoms with Crippen LogP contribution in [0.15, 0.2) is 60.9 Å². The van der Waals surface area contributed by atoms with E-state index in [2.05, 4.69) is 15.4 Å². The Morgan fingerprint density at radius 3 is 2.29 bits per heavy atom. The standard InChI is InChI=1S/C25H18F6N4O3/c1-2-38-23(37)19-13-33-35-20(6-7-32-22(19)35)15-4-3-5-18(11-15)34-21(36)10-14-8-16(24(26,27)28)12-17(9-14)25(29,30)31/h3-9,11-13H,2,10H2,1H3,(H,34,36). The second-order valence-electron chi connectivity index (χ2n) is 8.06. The van der Waals surface area contributed by atoms with Crippen molar-refractivity contribution < 1.29 is 40.7 Å². The molecule has 2 heterocycles. The number of alkyl halides is 6. The van der Waals surface area contributed by atoms with E-state index in [4.69, 9.17) is 4.74 Å². The molecule has 2 aromatic heterocycles. The van der Waals surface area contributed by atoms with Gasteiger partial charge in [-0.3, -0.25) is 4.79 Å². The van der Waals surface area contributed by atoms with E-state index in [0.29, 0.717) is 23.4 Å². The Hall–Kier alpha value is -4.42. The Kier molecular flexibility index (Phi) is 7.11. The van der Waals surface area contributed by atoms with Gasteiger partial charge in [-0.05, 0) is 48.9 Å². The van der Waals surface area contributed by atoms with E-state index >= 15 is 0 Å². The van der Waals surface area contributed by atoms with Crippen molar-refractivity contribution in [2.24, 2.45) is 0 Å². The average molecular weight is 536 g/mol. The minimum atomic E-state index is -5.02. The smallest absolute Gasteiger partial charge is 0.416 e. The van der Waals surface area contributed by atoms with Crippen molar-refractivity contribution in [1.29, 1.82) is 0 Å². The minimum Gasteiger partial charge on any atom is -0.462 e. The molecule has 198 valence electrons. The Balaban J connectivity index is 1.59. The molecule has 0 saturated carbocycles. The Bertz CT molecular complexity index is 1480. The first-order valence-electron chi connectivity index (χ1n) is 11.1. The van der Waals surface area contributed by atoms with Crippen LogP contribution >= 0.6 is 0 Å². The number of benzene rings is 2. The molecule has 0 radical (unpaired) electrons. The maximum absolute atomic E-state index is 13.1. The summed E-state index contributed by atoms with van der Waals surface area (Å²) in [6.45, 7) is 1.82. The number of rotatable bonds is 6. The summed E-state index contributed by atoms with van der Waals surface area (Å²) in [7, 11) is 0. The van der Waals surface area contributed by atoms with Gasteiger partial charge in [0.1, 0.15) is 5.56 Å². The number of nitrogens with zero attached hydrogens (tertiary/aromatic N) is 3. The molecule has 0 aliphatic rings. The lowest BCUT2D eigenvalue weighted by atomic mass is 10.0. The number of nitrogens with one attached hydrogen (secondary N) is 1. The molecule has 1 N–H and O–H groups in total. The third kappa shape index (κ3) is 5.76. The van der Waals surface area contributed by atoms with Gasteiger partial charge in [0.25, 0.3) is 0 Å². The van der Waals surface area contributed by atoms with E-state index in [0.717, 1.165) is 0 Å². The van der Waals surface area contributed by atoms with Crippen molar-refractivity contribution in [2.75, 3.05) is 11.9 Å².